The number of aryl methyl sites for hydroxylation is 1. The molecule has 1 aromatic carbocycles. The summed E-state index contributed by atoms with van der Waals surface area (Å²) in [4.78, 5) is 70.8. The van der Waals surface area contributed by atoms with Crippen LogP contribution in [0, 0.1) is 13.8 Å². The van der Waals surface area contributed by atoms with Gasteiger partial charge in [-0.1, -0.05) is 12.1 Å². The Morgan fingerprint density at radius 1 is 1.14 bits per heavy atom. The van der Waals surface area contributed by atoms with Crippen LogP contribution in [0.25, 0.3) is 0 Å². The van der Waals surface area contributed by atoms with Crippen LogP contribution in [0.1, 0.15) is 68.1 Å². The maximum atomic E-state index is 13.6. The third-order valence-corrected chi connectivity index (χ3v) is 6.98. The molecule has 3 aliphatic rings. The maximum Gasteiger partial charge on any atom is 0.354 e. The van der Waals surface area contributed by atoms with Crippen molar-refractivity contribution in [1.82, 2.24) is 9.88 Å². The Labute approximate surface area is 201 Å². The Morgan fingerprint density at radius 2 is 1.86 bits per heavy atom. The quantitative estimate of drug-likeness (QED) is 0.498. The minimum Gasteiger partial charge on any atom is -0.465 e. The fraction of sp³-hybridized carbons (Fsp3) is 0.400. The Morgan fingerprint density at radius 3 is 2.54 bits per heavy atom. The highest BCUT2D eigenvalue weighted by atomic mass is 16.5. The zero-order valence-corrected chi connectivity index (χ0v) is 19.7. The number of aromatic amines is 1. The van der Waals surface area contributed by atoms with Crippen molar-refractivity contribution < 1.29 is 33.4 Å². The number of hydrogen-bond acceptors (Lipinski definition) is 7. The van der Waals surface area contributed by atoms with Crippen LogP contribution in [0.5, 0.6) is 0 Å². The first-order valence-electron chi connectivity index (χ1n) is 11.5. The van der Waals surface area contributed by atoms with Gasteiger partial charge in [-0.25, -0.2) is 9.59 Å². The van der Waals surface area contributed by atoms with Crippen LogP contribution in [0.2, 0.25) is 0 Å². The summed E-state index contributed by atoms with van der Waals surface area (Å²) in [6.45, 7) is 2.63. The third-order valence-electron chi connectivity index (χ3n) is 6.98. The van der Waals surface area contributed by atoms with Gasteiger partial charge in [0.05, 0.1) is 29.6 Å². The van der Waals surface area contributed by atoms with Crippen molar-refractivity contribution in [2.24, 2.45) is 0 Å². The molecule has 1 atom stereocenters. The number of anilines is 1. The van der Waals surface area contributed by atoms with Gasteiger partial charge in [-0.05, 0) is 44.4 Å². The highest BCUT2D eigenvalue weighted by Crippen LogP contribution is 2.49. The molecule has 1 N–H and O–H groups in total. The number of fused-ring (bicyclic) bond motifs is 3. The number of nitrogens with one attached hydrogen (secondary N) is 1. The van der Waals surface area contributed by atoms with Gasteiger partial charge in [0.15, 0.2) is 6.61 Å². The molecular formula is C25H25N3O7. The van der Waals surface area contributed by atoms with Crippen molar-refractivity contribution >= 4 is 35.2 Å². The van der Waals surface area contributed by atoms with Crippen molar-refractivity contribution in [3.63, 3.8) is 0 Å². The molecule has 0 bridgehead atoms. The summed E-state index contributed by atoms with van der Waals surface area (Å²) < 4.78 is 10.3. The van der Waals surface area contributed by atoms with Crippen molar-refractivity contribution in [2.75, 3.05) is 18.6 Å². The molecule has 0 radical (unpaired) electrons. The van der Waals surface area contributed by atoms with Gasteiger partial charge < -0.3 is 19.4 Å². The van der Waals surface area contributed by atoms with E-state index in [2.05, 4.69) is 4.98 Å². The molecule has 5 rings (SSSR count). The molecule has 1 aliphatic carbocycles. The number of H-pyrrole nitrogens is 1. The Bertz CT molecular complexity index is 1290. The lowest BCUT2D eigenvalue weighted by Gasteiger charge is -2.48. The lowest BCUT2D eigenvalue weighted by Crippen LogP contribution is -2.69. The fourth-order valence-electron chi connectivity index (χ4n) is 5.27. The first-order chi connectivity index (χ1) is 16.7. The van der Waals surface area contributed by atoms with Crippen LogP contribution >= 0.6 is 0 Å². The molecule has 1 saturated carbocycles. The lowest BCUT2D eigenvalue weighted by atomic mass is 9.96. The number of ether oxygens (including phenoxy) is 2. The minimum absolute atomic E-state index is 0.0747. The van der Waals surface area contributed by atoms with Gasteiger partial charge in [0.25, 0.3) is 5.91 Å². The van der Waals surface area contributed by atoms with Gasteiger partial charge in [0.1, 0.15) is 0 Å². The molecule has 3 heterocycles. The Balaban J connectivity index is 1.46. The van der Waals surface area contributed by atoms with E-state index < -0.39 is 30.0 Å². The van der Waals surface area contributed by atoms with E-state index >= 15 is 0 Å². The number of rotatable bonds is 6. The summed E-state index contributed by atoms with van der Waals surface area (Å²) in [7, 11) is 1.25. The zero-order valence-electron chi connectivity index (χ0n) is 19.7. The van der Waals surface area contributed by atoms with E-state index in [0.717, 1.165) is 12.8 Å². The first kappa shape index (κ1) is 22.8. The van der Waals surface area contributed by atoms with Crippen LogP contribution in [-0.4, -0.2) is 64.8 Å². The van der Waals surface area contributed by atoms with Crippen molar-refractivity contribution in [2.45, 2.75) is 51.2 Å². The van der Waals surface area contributed by atoms with E-state index in [1.54, 1.807) is 38.1 Å². The van der Waals surface area contributed by atoms with Crippen molar-refractivity contribution in [3.05, 3.63) is 52.3 Å². The minimum atomic E-state index is -1.62. The van der Waals surface area contributed by atoms with Crippen LogP contribution in [0.4, 0.5) is 5.69 Å². The molecule has 0 spiro atoms. The molecule has 2 fully saturated rings. The highest BCUT2D eigenvalue weighted by molar-refractivity contribution is 6.16. The van der Waals surface area contributed by atoms with Crippen LogP contribution < -0.4 is 4.90 Å². The molecule has 10 heteroatoms. The van der Waals surface area contributed by atoms with Gasteiger partial charge in [-0.15, -0.1) is 0 Å². The SMILES string of the molecule is COC(=O)c1c(C)[nH]c(C(=O)COC(=O)C23CCC(=O)N2c2ccccc2C(=O)N3C2CC2)c1C. The summed E-state index contributed by atoms with van der Waals surface area (Å²) in [6.07, 6.45) is 1.61. The Kier molecular flexibility index (Phi) is 5.26. The van der Waals surface area contributed by atoms with Crippen molar-refractivity contribution in [1.29, 1.82) is 0 Å². The number of hydrogen-bond donors (Lipinski definition) is 1. The number of nitrogens with zero attached hydrogens (tertiary/aromatic N) is 2. The molecular weight excluding hydrogens is 454 g/mol. The molecule has 2 aromatic rings. The third kappa shape index (κ3) is 3.27. The van der Waals surface area contributed by atoms with E-state index in [4.69, 9.17) is 9.47 Å². The number of carbonyl (C=O) groups is 5. The number of benzene rings is 1. The monoisotopic (exact) mass is 479 g/mol. The number of methoxy groups -OCH3 is 1. The predicted molar refractivity (Wildman–Crippen MR) is 122 cm³/mol. The largest absolute Gasteiger partial charge is 0.465 e. The highest BCUT2D eigenvalue weighted by Gasteiger charge is 2.64. The lowest BCUT2D eigenvalue weighted by molar-refractivity contribution is -0.156. The van der Waals surface area contributed by atoms with E-state index in [9.17, 15) is 24.0 Å². The Hall–Kier alpha value is -3.95. The molecule has 1 aromatic heterocycles. The topological polar surface area (TPSA) is 126 Å². The second kappa shape index (κ2) is 8.07. The molecule has 2 amide bonds. The second-order valence-electron chi connectivity index (χ2n) is 9.09. The molecule has 35 heavy (non-hydrogen) atoms. The van der Waals surface area contributed by atoms with Crippen LogP contribution in [-0.2, 0) is 19.1 Å². The number of esters is 2. The fourth-order valence-corrected chi connectivity index (χ4v) is 5.27. The number of carbonyl (C=O) groups excluding carboxylic acids is 5. The summed E-state index contributed by atoms with van der Waals surface area (Å²) in [5.74, 6) is -2.54. The van der Waals surface area contributed by atoms with E-state index in [1.807, 2.05) is 0 Å². The normalized spacial score (nSPS) is 21.0. The average Bonchev–Trinajstić information content (AvgIpc) is 3.55. The maximum absolute atomic E-state index is 13.6. The number of Topliss-reactive ketones (excluding diaryl/α,β-unsaturated/α-hetero) is 1. The van der Waals surface area contributed by atoms with Gasteiger partial charge in [-0.3, -0.25) is 19.3 Å². The first-order valence-corrected chi connectivity index (χ1v) is 11.5. The number of aromatic nitrogens is 1. The molecule has 1 saturated heterocycles. The predicted octanol–water partition coefficient (Wildman–Crippen LogP) is 2.29. The van der Waals surface area contributed by atoms with Crippen molar-refractivity contribution in [3.8, 4) is 0 Å². The standard InChI is InChI=1S/C25H25N3O7/c1-13-20(23(32)34-3)14(2)26-21(13)18(29)12-35-24(33)25-11-10-19(30)28(25)17-7-5-4-6-16(17)22(31)27(25)15-8-9-15/h4-7,15,26H,8-12H2,1-3H3. The number of ketones is 1. The molecule has 10 nitrogen and oxygen atoms in total. The average molecular weight is 479 g/mol. The van der Waals surface area contributed by atoms with Crippen LogP contribution in [0.3, 0.4) is 0 Å². The summed E-state index contributed by atoms with van der Waals surface area (Å²) in [6, 6.07) is 6.54. The smallest absolute Gasteiger partial charge is 0.354 e. The van der Waals surface area contributed by atoms with Gasteiger partial charge >= 0.3 is 11.9 Å². The summed E-state index contributed by atoms with van der Waals surface area (Å²) in [5, 5.41) is 0. The summed E-state index contributed by atoms with van der Waals surface area (Å²) >= 11 is 0. The summed E-state index contributed by atoms with van der Waals surface area (Å²) in [5.41, 5.74) is 0.360. The van der Waals surface area contributed by atoms with Gasteiger partial charge in [0, 0.05) is 24.6 Å². The van der Waals surface area contributed by atoms with E-state index in [0.29, 0.717) is 22.5 Å². The number of amides is 2. The molecule has 1 unspecified atom stereocenters. The number of para-hydroxylation sites is 1. The van der Waals surface area contributed by atoms with E-state index in [1.165, 1.54) is 16.9 Å². The molecule has 2 aliphatic heterocycles. The van der Waals surface area contributed by atoms with Gasteiger partial charge in [-0.2, -0.15) is 0 Å². The molecule has 182 valence electrons. The van der Waals surface area contributed by atoms with Gasteiger partial charge in [0.2, 0.25) is 17.4 Å². The zero-order chi connectivity index (χ0) is 25.1. The van der Waals surface area contributed by atoms with E-state index in [-0.39, 0.29) is 42.0 Å². The van der Waals surface area contributed by atoms with Crippen LogP contribution in [0.15, 0.2) is 24.3 Å². The second-order valence-corrected chi connectivity index (χ2v) is 9.09.